The Labute approximate surface area is 134 Å². The molecule has 1 aromatic carbocycles. The summed E-state index contributed by atoms with van der Waals surface area (Å²) in [5.74, 6) is -1.19. The van der Waals surface area contributed by atoms with Crippen LogP contribution >= 0.6 is 12.4 Å². The molecule has 2 N–H and O–H groups in total. The average Bonchev–Trinajstić information content (AvgIpc) is 2.37. The normalized spacial score (nSPS) is 12.1. The molecule has 0 aliphatic carbocycles. The predicted octanol–water partition coefficient (Wildman–Crippen LogP) is 1.76. The third-order valence-corrected chi connectivity index (χ3v) is 4.86. The van der Waals surface area contributed by atoms with Crippen molar-refractivity contribution in [2.75, 3.05) is 20.1 Å². The SMILES string of the molecule is CN(CC(C)(C)CN)S(=O)(=O)c1cccc(F)c1[N+](=O)[O-].Cl. The first kappa shape index (κ1) is 20.7. The largest absolute Gasteiger partial charge is 0.330 e. The lowest BCUT2D eigenvalue weighted by Crippen LogP contribution is -2.39. The van der Waals surface area contributed by atoms with Gasteiger partial charge in [-0.15, -0.1) is 12.4 Å². The first-order valence-corrected chi connectivity index (χ1v) is 7.56. The molecular weight excluding hydrogens is 337 g/mol. The number of halogens is 2. The maximum atomic E-state index is 13.6. The minimum atomic E-state index is -4.18. The van der Waals surface area contributed by atoms with Crippen molar-refractivity contribution in [1.82, 2.24) is 4.31 Å². The molecule has 0 atom stereocenters. The Morgan fingerprint density at radius 1 is 1.41 bits per heavy atom. The maximum Gasteiger partial charge on any atom is 0.324 e. The van der Waals surface area contributed by atoms with Crippen molar-refractivity contribution in [2.24, 2.45) is 11.1 Å². The molecular formula is C12H19ClFN3O4S. The van der Waals surface area contributed by atoms with E-state index in [0.29, 0.717) is 0 Å². The summed E-state index contributed by atoms with van der Waals surface area (Å²) in [5.41, 5.74) is 3.99. The molecule has 0 aliphatic heterocycles. The highest BCUT2D eigenvalue weighted by Gasteiger charge is 2.34. The predicted molar refractivity (Wildman–Crippen MR) is 83.0 cm³/mol. The van der Waals surface area contributed by atoms with Crippen molar-refractivity contribution in [1.29, 1.82) is 0 Å². The summed E-state index contributed by atoms with van der Waals surface area (Å²) in [6.45, 7) is 3.82. The number of nitrogens with zero attached hydrogens (tertiary/aromatic N) is 2. The van der Waals surface area contributed by atoms with Crippen LogP contribution in [0.1, 0.15) is 13.8 Å². The second-order valence-corrected chi connectivity index (χ2v) is 7.49. The van der Waals surface area contributed by atoms with E-state index in [2.05, 4.69) is 0 Å². The Morgan fingerprint density at radius 2 is 1.95 bits per heavy atom. The number of hydrogen-bond acceptors (Lipinski definition) is 5. The van der Waals surface area contributed by atoms with Gasteiger partial charge in [-0.1, -0.05) is 19.9 Å². The molecule has 10 heteroatoms. The average molecular weight is 356 g/mol. The van der Waals surface area contributed by atoms with Crippen LogP contribution in [-0.2, 0) is 10.0 Å². The van der Waals surface area contributed by atoms with Gasteiger partial charge in [0.15, 0.2) is 4.90 Å². The Balaban J connectivity index is 0.00000441. The molecule has 126 valence electrons. The second-order valence-electron chi connectivity index (χ2n) is 5.47. The second kappa shape index (κ2) is 7.32. The quantitative estimate of drug-likeness (QED) is 0.618. The van der Waals surface area contributed by atoms with E-state index in [0.717, 1.165) is 22.5 Å². The van der Waals surface area contributed by atoms with Crippen molar-refractivity contribution in [3.8, 4) is 0 Å². The number of nitro groups is 1. The molecule has 1 aromatic rings. The number of sulfonamides is 1. The van der Waals surface area contributed by atoms with Crippen LogP contribution in [0.2, 0.25) is 0 Å². The molecule has 0 saturated carbocycles. The lowest BCUT2D eigenvalue weighted by Gasteiger charge is -2.28. The summed E-state index contributed by atoms with van der Waals surface area (Å²) in [6.07, 6.45) is 0. The molecule has 1 rings (SSSR count). The minimum Gasteiger partial charge on any atom is -0.330 e. The zero-order valence-corrected chi connectivity index (χ0v) is 14.1. The van der Waals surface area contributed by atoms with Crippen LogP contribution < -0.4 is 5.73 Å². The molecule has 0 fully saturated rings. The Bertz CT molecular complexity index is 652. The van der Waals surface area contributed by atoms with Gasteiger partial charge in [0.25, 0.3) is 0 Å². The third kappa shape index (κ3) is 4.35. The van der Waals surface area contributed by atoms with Gasteiger partial charge in [-0.25, -0.2) is 12.7 Å². The van der Waals surface area contributed by atoms with Crippen LogP contribution in [0.15, 0.2) is 23.1 Å². The number of hydrogen-bond donors (Lipinski definition) is 1. The highest BCUT2D eigenvalue weighted by molar-refractivity contribution is 7.89. The molecule has 0 saturated heterocycles. The summed E-state index contributed by atoms with van der Waals surface area (Å²) in [7, 11) is -2.91. The third-order valence-electron chi connectivity index (χ3n) is 3.02. The van der Waals surface area contributed by atoms with Gasteiger partial charge < -0.3 is 5.73 Å². The van der Waals surface area contributed by atoms with E-state index in [1.807, 2.05) is 0 Å². The zero-order valence-electron chi connectivity index (χ0n) is 12.4. The lowest BCUT2D eigenvalue weighted by molar-refractivity contribution is -0.390. The van der Waals surface area contributed by atoms with Crippen molar-refractivity contribution in [3.63, 3.8) is 0 Å². The van der Waals surface area contributed by atoms with Crippen molar-refractivity contribution in [2.45, 2.75) is 18.7 Å². The van der Waals surface area contributed by atoms with Crippen LogP contribution in [0.5, 0.6) is 0 Å². The summed E-state index contributed by atoms with van der Waals surface area (Å²) in [6, 6.07) is 2.99. The van der Waals surface area contributed by atoms with Gasteiger partial charge in [0.1, 0.15) is 0 Å². The van der Waals surface area contributed by atoms with Gasteiger partial charge in [0.05, 0.1) is 4.92 Å². The zero-order chi connectivity index (χ0) is 16.4. The van der Waals surface area contributed by atoms with E-state index >= 15 is 0 Å². The smallest absolute Gasteiger partial charge is 0.324 e. The fourth-order valence-electron chi connectivity index (χ4n) is 1.80. The molecule has 0 unspecified atom stereocenters. The van der Waals surface area contributed by atoms with Crippen LogP contribution in [0.3, 0.4) is 0 Å². The Hall–Kier alpha value is -1.29. The van der Waals surface area contributed by atoms with Crippen LogP contribution in [0.4, 0.5) is 10.1 Å². The van der Waals surface area contributed by atoms with Gasteiger partial charge in [0, 0.05) is 13.6 Å². The lowest BCUT2D eigenvalue weighted by atomic mass is 9.94. The van der Waals surface area contributed by atoms with Crippen LogP contribution in [0, 0.1) is 21.3 Å². The van der Waals surface area contributed by atoms with E-state index in [1.54, 1.807) is 13.8 Å². The molecule has 22 heavy (non-hydrogen) atoms. The molecule has 0 amide bonds. The van der Waals surface area contributed by atoms with E-state index in [-0.39, 0.29) is 25.5 Å². The fraction of sp³-hybridized carbons (Fsp3) is 0.500. The van der Waals surface area contributed by atoms with E-state index in [1.165, 1.54) is 7.05 Å². The van der Waals surface area contributed by atoms with Crippen molar-refractivity contribution < 1.29 is 17.7 Å². The fourth-order valence-corrected chi connectivity index (χ4v) is 3.32. The monoisotopic (exact) mass is 355 g/mol. The van der Waals surface area contributed by atoms with Crippen LogP contribution in [0.25, 0.3) is 0 Å². The highest BCUT2D eigenvalue weighted by atomic mass is 35.5. The van der Waals surface area contributed by atoms with E-state index in [9.17, 15) is 22.9 Å². The molecule has 0 bridgehead atoms. The van der Waals surface area contributed by atoms with Gasteiger partial charge in [-0.3, -0.25) is 10.1 Å². The first-order valence-electron chi connectivity index (χ1n) is 6.12. The standard InChI is InChI=1S/C12H18FN3O4S.ClH/c1-12(2,7-14)8-15(3)21(19,20)10-6-4-5-9(13)11(10)16(17)18;/h4-6H,7-8,14H2,1-3H3;1H. The topological polar surface area (TPSA) is 107 Å². The van der Waals surface area contributed by atoms with Gasteiger partial charge in [0.2, 0.25) is 15.8 Å². The van der Waals surface area contributed by atoms with Gasteiger partial charge in [-0.2, -0.15) is 4.39 Å². The van der Waals surface area contributed by atoms with Gasteiger partial charge >= 0.3 is 5.69 Å². The maximum absolute atomic E-state index is 13.6. The first-order chi connectivity index (χ1) is 9.53. The number of nitrogens with two attached hydrogens (primary N) is 1. The molecule has 0 aliphatic rings. The number of rotatable bonds is 6. The van der Waals surface area contributed by atoms with E-state index in [4.69, 9.17) is 5.73 Å². The Morgan fingerprint density at radius 3 is 2.41 bits per heavy atom. The Kier molecular flexibility index (Phi) is 6.89. The molecule has 0 spiro atoms. The van der Waals surface area contributed by atoms with Gasteiger partial charge in [-0.05, 0) is 24.1 Å². The number of para-hydroxylation sites is 1. The number of benzene rings is 1. The molecule has 0 heterocycles. The van der Waals surface area contributed by atoms with E-state index < -0.39 is 36.8 Å². The molecule has 0 aromatic heterocycles. The van der Waals surface area contributed by atoms with Crippen molar-refractivity contribution in [3.05, 3.63) is 34.1 Å². The van der Waals surface area contributed by atoms with Crippen molar-refractivity contribution >= 4 is 28.1 Å². The summed E-state index contributed by atoms with van der Waals surface area (Å²) < 4.78 is 39.3. The minimum absolute atomic E-state index is 0. The number of nitro benzene ring substituents is 1. The summed E-state index contributed by atoms with van der Waals surface area (Å²) in [4.78, 5) is 9.21. The molecule has 7 nitrogen and oxygen atoms in total. The molecule has 0 radical (unpaired) electrons. The summed E-state index contributed by atoms with van der Waals surface area (Å²) >= 11 is 0. The summed E-state index contributed by atoms with van der Waals surface area (Å²) in [5, 5.41) is 10.9. The van der Waals surface area contributed by atoms with Crippen LogP contribution in [-0.4, -0.2) is 37.8 Å². The highest BCUT2D eigenvalue weighted by Crippen LogP contribution is 2.29.